The normalized spacial score (nSPS) is 26.2. The highest BCUT2D eigenvalue weighted by Crippen LogP contribution is 2.56. The largest absolute Gasteiger partial charge is 0.0848 e. The van der Waals surface area contributed by atoms with E-state index in [1.54, 1.807) is 0 Å². The lowest BCUT2D eigenvalue weighted by Gasteiger charge is -2.43. The molecule has 3 aliphatic carbocycles. The minimum Gasteiger partial charge on any atom is -0.0848 e. The molecular weight excluding hydrogens is 520 g/mol. The van der Waals surface area contributed by atoms with Gasteiger partial charge in [-0.1, -0.05) is 114 Å². The fourth-order valence-electron chi connectivity index (χ4n) is 5.94. The third-order valence-corrected chi connectivity index (χ3v) is 8.93. The van der Waals surface area contributed by atoms with E-state index in [-0.39, 0.29) is 15.2 Å². The molecule has 5 rings (SSSR count). The van der Waals surface area contributed by atoms with Crippen molar-refractivity contribution in [2.45, 2.75) is 74.9 Å². The first-order valence-corrected chi connectivity index (χ1v) is 13.3. The molecule has 166 valence electrons. The second-order valence-corrected chi connectivity index (χ2v) is 14.3. The predicted molar refractivity (Wildman–Crippen MR) is 148 cm³/mol. The van der Waals surface area contributed by atoms with Gasteiger partial charge in [-0.3, -0.25) is 0 Å². The van der Waals surface area contributed by atoms with Gasteiger partial charge in [0.1, 0.15) is 0 Å². The van der Waals surface area contributed by atoms with Crippen LogP contribution >= 0.6 is 31.9 Å². The van der Waals surface area contributed by atoms with Gasteiger partial charge in [-0.05, 0) is 76.9 Å². The van der Waals surface area contributed by atoms with Crippen molar-refractivity contribution in [2.75, 3.05) is 0 Å². The fraction of sp³-hybridized carbons (Fsp3) is 0.400. The maximum Gasteiger partial charge on any atom is 0.0449 e. The van der Waals surface area contributed by atoms with Gasteiger partial charge >= 0.3 is 0 Å². The summed E-state index contributed by atoms with van der Waals surface area (Å²) in [5.74, 6) is 0. The Morgan fingerprint density at radius 3 is 2.16 bits per heavy atom. The zero-order chi connectivity index (χ0) is 23.2. The lowest BCUT2D eigenvalue weighted by molar-refractivity contribution is 0.616. The molecule has 0 nitrogen and oxygen atoms in total. The van der Waals surface area contributed by atoms with Crippen molar-refractivity contribution >= 4 is 53.8 Å². The van der Waals surface area contributed by atoms with Crippen molar-refractivity contribution in [3.63, 3.8) is 0 Å². The van der Waals surface area contributed by atoms with Crippen molar-refractivity contribution in [3.8, 4) is 0 Å². The third-order valence-electron chi connectivity index (χ3n) is 8.07. The lowest BCUT2D eigenvalue weighted by Crippen LogP contribution is -2.32. The molecule has 0 aliphatic heterocycles. The van der Waals surface area contributed by atoms with Crippen molar-refractivity contribution in [1.29, 1.82) is 0 Å². The zero-order valence-electron chi connectivity index (χ0n) is 20.2. The molecule has 0 bridgehead atoms. The summed E-state index contributed by atoms with van der Waals surface area (Å²) in [4.78, 5) is 0.352. The summed E-state index contributed by atoms with van der Waals surface area (Å²) in [7, 11) is 0. The Bertz CT molecular complexity index is 1270. The zero-order valence-corrected chi connectivity index (χ0v) is 23.3. The molecule has 2 atom stereocenters. The van der Waals surface area contributed by atoms with Gasteiger partial charge in [-0.2, -0.15) is 0 Å². The van der Waals surface area contributed by atoms with Crippen LogP contribution in [0.25, 0.3) is 21.9 Å². The van der Waals surface area contributed by atoms with E-state index in [0.29, 0.717) is 4.83 Å². The van der Waals surface area contributed by atoms with E-state index in [4.69, 9.17) is 0 Å². The second-order valence-electron chi connectivity index (χ2n) is 11.1. The maximum absolute atomic E-state index is 3.95. The van der Waals surface area contributed by atoms with Crippen LogP contribution in [-0.2, 0) is 10.8 Å². The van der Waals surface area contributed by atoms with Crippen LogP contribution < -0.4 is 0 Å². The molecule has 1 unspecified atom stereocenters. The molecule has 0 radical (unpaired) electrons. The molecule has 0 N–H and O–H groups in total. The Morgan fingerprint density at radius 2 is 1.50 bits per heavy atom. The molecule has 0 spiro atoms. The van der Waals surface area contributed by atoms with E-state index in [1.807, 2.05) is 0 Å². The van der Waals surface area contributed by atoms with E-state index >= 15 is 0 Å². The van der Waals surface area contributed by atoms with Crippen LogP contribution in [0.15, 0.2) is 59.7 Å². The van der Waals surface area contributed by atoms with Crippen LogP contribution in [0.1, 0.15) is 77.1 Å². The Balaban J connectivity index is 1.90. The molecule has 0 fully saturated rings. The van der Waals surface area contributed by atoms with Crippen LogP contribution in [0.2, 0.25) is 0 Å². The quantitative estimate of drug-likeness (QED) is 0.326. The number of rotatable bonds is 2. The molecule has 2 heteroatoms. The minimum atomic E-state index is -0.0356. The summed E-state index contributed by atoms with van der Waals surface area (Å²) in [6.07, 6.45) is 10.5. The average molecular weight is 552 g/mol. The third kappa shape index (κ3) is 3.05. The van der Waals surface area contributed by atoms with Gasteiger partial charge in [-0.15, -0.1) is 0 Å². The van der Waals surface area contributed by atoms with Crippen molar-refractivity contribution < 1.29 is 0 Å². The predicted octanol–water partition coefficient (Wildman–Crippen LogP) is 9.40. The summed E-state index contributed by atoms with van der Waals surface area (Å²) in [6, 6.07) is 9.59. The highest BCUT2D eigenvalue weighted by molar-refractivity contribution is 9.10. The molecule has 2 aromatic carbocycles. The van der Waals surface area contributed by atoms with E-state index in [0.717, 1.165) is 6.42 Å². The van der Waals surface area contributed by atoms with Gasteiger partial charge < -0.3 is 0 Å². The molecular formula is C30H32Br2. The first-order chi connectivity index (χ1) is 14.9. The van der Waals surface area contributed by atoms with Crippen LogP contribution in [0.3, 0.4) is 0 Å². The van der Waals surface area contributed by atoms with Crippen LogP contribution in [0, 0.1) is 0 Å². The molecule has 0 aromatic heterocycles. The van der Waals surface area contributed by atoms with E-state index in [9.17, 15) is 0 Å². The van der Waals surface area contributed by atoms with Crippen molar-refractivity contribution in [1.82, 2.24) is 0 Å². The Kier molecular flexibility index (Phi) is 4.95. The summed E-state index contributed by atoms with van der Waals surface area (Å²) >= 11 is 7.64. The number of benzene rings is 2. The van der Waals surface area contributed by atoms with Gasteiger partial charge in [-0.25, -0.2) is 0 Å². The van der Waals surface area contributed by atoms with E-state index in [1.165, 1.54) is 55.3 Å². The Hall–Kier alpha value is -1.38. The summed E-state index contributed by atoms with van der Waals surface area (Å²) in [6.45, 7) is 16.3. The van der Waals surface area contributed by atoms with Gasteiger partial charge in [0.05, 0.1) is 0 Å². The maximum atomic E-state index is 3.95. The molecule has 2 aromatic rings. The number of fused-ring (bicyclic) bond motifs is 2. The van der Waals surface area contributed by atoms with Crippen LogP contribution in [0.5, 0.6) is 0 Å². The highest BCUT2D eigenvalue weighted by Gasteiger charge is 2.42. The monoisotopic (exact) mass is 550 g/mol. The van der Waals surface area contributed by atoms with Crippen molar-refractivity contribution in [3.05, 3.63) is 82.0 Å². The van der Waals surface area contributed by atoms with E-state index in [2.05, 4.69) is 129 Å². The highest BCUT2D eigenvalue weighted by atomic mass is 79.9. The topological polar surface area (TPSA) is 0 Å². The number of halogens is 2. The first kappa shape index (κ1) is 22.4. The standard InChI is InChI=1S/C30H32Br2/c1-17(31)8-9-19-18(2)28(3,4)23-12-13-24-27-22(11-10-21(19)26(23)27)20-14-15-30(7,32)16-25(20)29(24,5)6/h8-14,16-17H,15H2,1-7H3/b9-8-/t17-,30?/m0/s1. The molecule has 0 heterocycles. The fourth-order valence-corrected chi connectivity index (χ4v) is 6.48. The van der Waals surface area contributed by atoms with Gasteiger partial charge in [0, 0.05) is 20.0 Å². The Morgan fingerprint density at radius 1 is 0.906 bits per heavy atom. The number of hydrogen-bond acceptors (Lipinski definition) is 0. The molecule has 0 saturated carbocycles. The van der Waals surface area contributed by atoms with Gasteiger partial charge in [0.25, 0.3) is 0 Å². The summed E-state index contributed by atoms with van der Waals surface area (Å²) in [5.41, 5.74) is 11.4. The summed E-state index contributed by atoms with van der Waals surface area (Å²) < 4.78 is 0.0250. The average Bonchev–Trinajstić information content (AvgIpc) is 2.70. The number of alkyl halides is 2. The molecule has 32 heavy (non-hydrogen) atoms. The number of allylic oxidation sites excluding steroid dienone is 8. The lowest BCUT2D eigenvalue weighted by atomic mass is 9.61. The summed E-state index contributed by atoms with van der Waals surface area (Å²) in [5, 5.41) is 2.92. The van der Waals surface area contributed by atoms with Gasteiger partial charge in [0.15, 0.2) is 0 Å². The van der Waals surface area contributed by atoms with Crippen molar-refractivity contribution in [2.24, 2.45) is 0 Å². The molecule has 0 amide bonds. The van der Waals surface area contributed by atoms with Gasteiger partial charge in [0.2, 0.25) is 0 Å². The minimum absolute atomic E-state index is 0.00495. The van der Waals surface area contributed by atoms with E-state index < -0.39 is 0 Å². The number of hydrogen-bond donors (Lipinski definition) is 0. The smallest absolute Gasteiger partial charge is 0.0449 e. The SMILES string of the molecule is CC1=C(/C=C\[C@H](C)Br)c2ccc3c4c(ccc(c24)C1(C)C)C(C)(C)C1=CC(C)(Br)CC=C13. The van der Waals surface area contributed by atoms with Crippen LogP contribution in [-0.4, -0.2) is 9.15 Å². The molecule has 0 saturated heterocycles. The Labute approximate surface area is 209 Å². The first-order valence-electron chi connectivity index (χ1n) is 11.6. The second kappa shape index (κ2) is 7.06. The molecule has 3 aliphatic rings. The van der Waals surface area contributed by atoms with Crippen LogP contribution in [0.4, 0.5) is 0 Å².